The van der Waals surface area contributed by atoms with E-state index in [-0.39, 0.29) is 0 Å². The lowest BCUT2D eigenvalue weighted by Gasteiger charge is -2.18. The monoisotopic (exact) mass is 263 g/mol. The highest BCUT2D eigenvalue weighted by molar-refractivity contribution is 5.22. The molecule has 0 fully saturated rings. The van der Waals surface area contributed by atoms with Crippen molar-refractivity contribution in [2.24, 2.45) is 0 Å². The van der Waals surface area contributed by atoms with Crippen molar-refractivity contribution >= 4 is 0 Å². The second kappa shape index (κ2) is 9.08. The molecule has 0 bridgehead atoms. The van der Waals surface area contributed by atoms with Gasteiger partial charge in [0.2, 0.25) is 0 Å². The number of hydrogen-bond acceptors (Lipinski definition) is 3. The van der Waals surface area contributed by atoms with Gasteiger partial charge in [0.15, 0.2) is 0 Å². The molecule has 0 amide bonds. The number of nitrogens with one attached hydrogen (secondary N) is 1. The van der Waals surface area contributed by atoms with Crippen LogP contribution >= 0.6 is 0 Å². The molecule has 0 saturated heterocycles. The Morgan fingerprint density at radius 1 is 0.947 bits per heavy atom. The summed E-state index contributed by atoms with van der Waals surface area (Å²) >= 11 is 0. The average molecular weight is 263 g/mol. The van der Waals surface area contributed by atoms with Crippen LogP contribution in [0.1, 0.15) is 24.5 Å². The van der Waals surface area contributed by atoms with Crippen LogP contribution in [0.25, 0.3) is 0 Å². The lowest BCUT2D eigenvalue weighted by atomic mass is 10.1. The molecule has 0 spiro atoms. The Morgan fingerprint density at radius 3 is 2.16 bits per heavy atom. The molecule has 108 valence electrons. The molecule has 3 nitrogen and oxygen atoms in total. The minimum Gasteiger partial charge on any atom is -0.313 e. The zero-order chi connectivity index (χ0) is 14.1. The minimum absolute atomic E-state index is 0.968. The van der Waals surface area contributed by atoms with Gasteiger partial charge in [0.25, 0.3) is 0 Å². The van der Waals surface area contributed by atoms with Crippen molar-refractivity contribution in [3.05, 3.63) is 35.4 Å². The van der Waals surface area contributed by atoms with Crippen LogP contribution in [0.15, 0.2) is 24.3 Å². The van der Waals surface area contributed by atoms with Crippen molar-refractivity contribution in [1.29, 1.82) is 0 Å². The normalized spacial score (nSPS) is 11.5. The van der Waals surface area contributed by atoms with Crippen molar-refractivity contribution in [1.82, 2.24) is 15.1 Å². The van der Waals surface area contributed by atoms with E-state index in [2.05, 4.69) is 67.4 Å². The second-order valence-electron chi connectivity index (χ2n) is 5.49. The van der Waals surface area contributed by atoms with Crippen molar-refractivity contribution < 1.29 is 0 Å². The largest absolute Gasteiger partial charge is 0.313 e. The van der Waals surface area contributed by atoms with Crippen LogP contribution in [0.3, 0.4) is 0 Å². The van der Waals surface area contributed by atoms with E-state index in [1.807, 2.05) is 0 Å². The molecule has 0 aliphatic heterocycles. The molecule has 0 aromatic heterocycles. The van der Waals surface area contributed by atoms with Gasteiger partial charge >= 0.3 is 0 Å². The summed E-state index contributed by atoms with van der Waals surface area (Å²) < 4.78 is 0. The second-order valence-corrected chi connectivity index (χ2v) is 5.49. The molecule has 1 rings (SSSR count). The van der Waals surface area contributed by atoms with Gasteiger partial charge in [-0.15, -0.1) is 0 Å². The van der Waals surface area contributed by atoms with Crippen LogP contribution in [-0.4, -0.2) is 50.6 Å². The smallest absolute Gasteiger partial charge is 0.0230 e. The third-order valence-electron chi connectivity index (χ3n) is 3.20. The van der Waals surface area contributed by atoms with Gasteiger partial charge in [0.1, 0.15) is 0 Å². The molecule has 0 saturated carbocycles. The molecule has 0 atom stereocenters. The average Bonchev–Trinajstić information content (AvgIpc) is 2.37. The fraction of sp³-hybridized carbons (Fsp3) is 0.625. The van der Waals surface area contributed by atoms with Gasteiger partial charge < -0.3 is 15.1 Å². The molecule has 0 heterocycles. The fourth-order valence-corrected chi connectivity index (χ4v) is 2.08. The first-order valence-corrected chi connectivity index (χ1v) is 7.23. The van der Waals surface area contributed by atoms with Crippen LogP contribution in [0.5, 0.6) is 0 Å². The molecule has 1 aromatic rings. The van der Waals surface area contributed by atoms with Crippen molar-refractivity contribution in [3.8, 4) is 0 Å². The van der Waals surface area contributed by atoms with Crippen LogP contribution in [0.2, 0.25) is 0 Å². The van der Waals surface area contributed by atoms with E-state index in [4.69, 9.17) is 0 Å². The van der Waals surface area contributed by atoms with Crippen LogP contribution < -0.4 is 5.32 Å². The summed E-state index contributed by atoms with van der Waals surface area (Å²) in [6, 6.07) is 8.95. The fourth-order valence-electron chi connectivity index (χ4n) is 2.08. The predicted molar refractivity (Wildman–Crippen MR) is 83.3 cm³/mol. The Balaban J connectivity index is 2.31. The molecule has 19 heavy (non-hydrogen) atoms. The third-order valence-corrected chi connectivity index (χ3v) is 3.20. The van der Waals surface area contributed by atoms with E-state index < -0.39 is 0 Å². The lowest BCUT2D eigenvalue weighted by Crippen LogP contribution is -2.23. The van der Waals surface area contributed by atoms with E-state index in [1.165, 1.54) is 17.5 Å². The molecular formula is C16H29N3. The molecule has 0 aliphatic rings. The van der Waals surface area contributed by atoms with Crippen molar-refractivity contribution in [2.75, 3.05) is 40.8 Å². The van der Waals surface area contributed by atoms with Gasteiger partial charge in [-0.05, 0) is 58.3 Å². The summed E-state index contributed by atoms with van der Waals surface area (Å²) in [6.45, 7) is 7.47. The molecule has 0 radical (unpaired) electrons. The highest BCUT2D eigenvalue weighted by Gasteiger charge is 2.01. The first-order chi connectivity index (χ1) is 9.11. The Kier molecular flexibility index (Phi) is 7.72. The van der Waals surface area contributed by atoms with Crippen molar-refractivity contribution in [3.63, 3.8) is 0 Å². The van der Waals surface area contributed by atoms with Crippen LogP contribution in [0, 0.1) is 0 Å². The molecule has 0 aliphatic carbocycles. The van der Waals surface area contributed by atoms with Crippen LogP contribution in [0.4, 0.5) is 0 Å². The first kappa shape index (κ1) is 16.2. The first-order valence-electron chi connectivity index (χ1n) is 7.23. The standard InChI is InChI=1S/C16H29N3/c1-5-17-13-15-7-9-16(10-8-15)14-19(4)12-6-11-18(2)3/h7-10,17H,5-6,11-14H2,1-4H3. The van der Waals surface area contributed by atoms with Gasteiger partial charge in [-0.2, -0.15) is 0 Å². The topological polar surface area (TPSA) is 18.5 Å². The number of benzene rings is 1. The van der Waals surface area contributed by atoms with Gasteiger partial charge in [0.05, 0.1) is 0 Å². The zero-order valence-electron chi connectivity index (χ0n) is 12.9. The summed E-state index contributed by atoms with van der Waals surface area (Å²) in [6.07, 6.45) is 1.22. The zero-order valence-corrected chi connectivity index (χ0v) is 12.9. The maximum Gasteiger partial charge on any atom is 0.0230 e. The molecule has 0 unspecified atom stereocenters. The predicted octanol–water partition coefficient (Wildman–Crippen LogP) is 2.18. The summed E-state index contributed by atoms with van der Waals surface area (Å²) in [4.78, 5) is 4.63. The van der Waals surface area contributed by atoms with Gasteiger partial charge in [0, 0.05) is 13.1 Å². The Bertz CT molecular complexity index is 332. The highest BCUT2D eigenvalue weighted by atomic mass is 15.1. The maximum absolute atomic E-state index is 3.35. The molecule has 1 aromatic carbocycles. The van der Waals surface area contributed by atoms with Gasteiger partial charge in [-0.3, -0.25) is 0 Å². The molecule has 1 N–H and O–H groups in total. The van der Waals surface area contributed by atoms with E-state index in [9.17, 15) is 0 Å². The number of hydrogen-bond donors (Lipinski definition) is 1. The minimum atomic E-state index is 0.968. The third kappa shape index (κ3) is 7.31. The summed E-state index contributed by atoms with van der Waals surface area (Å²) in [7, 11) is 6.45. The Labute approximate surface area is 118 Å². The number of nitrogens with zero attached hydrogens (tertiary/aromatic N) is 2. The van der Waals surface area contributed by atoms with Gasteiger partial charge in [-0.1, -0.05) is 31.2 Å². The SMILES string of the molecule is CCNCc1ccc(CN(C)CCCN(C)C)cc1. The Hall–Kier alpha value is -0.900. The summed E-state index contributed by atoms with van der Waals surface area (Å²) in [5.74, 6) is 0. The molecular weight excluding hydrogens is 234 g/mol. The van der Waals surface area contributed by atoms with Crippen molar-refractivity contribution in [2.45, 2.75) is 26.4 Å². The quantitative estimate of drug-likeness (QED) is 0.737. The van der Waals surface area contributed by atoms with E-state index in [0.717, 1.165) is 32.7 Å². The van der Waals surface area contributed by atoms with Crippen LogP contribution in [-0.2, 0) is 13.1 Å². The van der Waals surface area contributed by atoms with E-state index in [1.54, 1.807) is 0 Å². The Morgan fingerprint density at radius 2 is 1.58 bits per heavy atom. The lowest BCUT2D eigenvalue weighted by molar-refractivity contribution is 0.294. The van der Waals surface area contributed by atoms with E-state index >= 15 is 0 Å². The van der Waals surface area contributed by atoms with E-state index in [0.29, 0.717) is 0 Å². The summed E-state index contributed by atoms with van der Waals surface area (Å²) in [5, 5.41) is 3.35. The highest BCUT2D eigenvalue weighted by Crippen LogP contribution is 2.07. The number of rotatable bonds is 9. The molecule has 3 heteroatoms. The summed E-state index contributed by atoms with van der Waals surface area (Å²) in [5.41, 5.74) is 2.76. The van der Waals surface area contributed by atoms with Gasteiger partial charge in [-0.25, -0.2) is 0 Å². The maximum atomic E-state index is 3.35.